The number of ether oxygens (including phenoxy) is 1. The van der Waals surface area contributed by atoms with Crippen molar-refractivity contribution in [2.24, 2.45) is 0 Å². The van der Waals surface area contributed by atoms with Gasteiger partial charge in [-0.1, -0.05) is 19.9 Å². The molecule has 0 radical (unpaired) electrons. The van der Waals surface area contributed by atoms with Gasteiger partial charge < -0.3 is 4.74 Å². The maximum Gasteiger partial charge on any atom is 0.338 e. The average Bonchev–Trinajstić information content (AvgIpc) is 2.31. The van der Waals surface area contributed by atoms with Crippen LogP contribution in [0.2, 0.25) is 0 Å². The fraction of sp³-hybridized carbons (Fsp3) is 0.429. The first kappa shape index (κ1) is 15.4. The number of esters is 1. The number of hydrogen-bond acceptors (Lipinski definition) is 3. The second kappa shape index (κ2) is 7.60. The molecule has 1 aromatic rings. The summed E-state index contributed by atoms with van der Waals surface area (Å²) in [4.78, 5) is 22.5. The lowest BCUT2D eigenvalue weighted by atomic mass is 10.0. The van der Waals surface area contributed by atoms with E-state index in [1.807, 2.05) is 13.8 Å². The number of carbonyl (C=O) groups is 2. The number of benzene rings is 1. The predicted molar refractivity (Wildman–Crippen MR) is 68.5 cm³/mol. The average molecular weight is 236 g/mol. The highest BCUT2D eigenvalue weighted by molar-refractivity contribution is 5.97. The zero-order valence-electron chi connectivity index (χ0n) is 11.2. The topological polar surface area (TPSA) is 43.4 Å². The Labute approximate surface area is 103 Å². The van der Waals surface area contributed by atoms with Gasteiger partial charge in [0.1, 0.15) is 0 Å². The fourth-order valence-corrected chi connectivity index (χ4v) is 1.32. The summed E-state index contributed by atoms with van der Waals surface area (Å²) < 4.78 is 4.89. The van der Waals surface area contributed by atoms with Crippen molar-refractivity contribution in [3.63, 3.8) is 0 Å². The summed E-state index contributed by atoms with van der Waals surface area (Å²) in [7, 11) is 0. The van der Waals surface area contributed by atoms with Crippen molar-refractivity contribution in [1.82, 2.24) is 0 Å². The lowest BCUT2D eigenvalue weighted by Gasteiger charge is -2.06. The molecular weight excluding hydrogens is 216 g/mol. The Morgan fingerprint density at radius 1 is 1.24 bits per heavy atom. The van der Waals surface area contributed by atoms with Gasteiger partial charge in [0.2, 0.25) is 0 Å². The van der Waals surface area contributed by atoms with E-state index in [9.17, 15) is 9.59 Å². The minimum Gasteiger partial charge on any atom is -0.462 e. The minimum absolute atomic E-state index is 0.00601. The van der Waals surface area contributed by atoms with Crippen molar-refractivity contribution in [3.05, 3.63) is 34.9 Å². The molecule has 3 nitrogen and oxygen atoms in total. The number of rotatable bonds is 3. The number of ketones is 1. The first-order chi connectivity index (χ1) is 8.06. The molecule has 0 amide bonds. The maximum atomic E-state index is 11.4. The Bertz CT molecular complexity index is 394. The summed E-state index contributed by atoms with van der Waals surface area (Å²) in [5.41, 5.74) is 1.89. The quantitative estimate of drug-likeness (QED) is 0.596. The van der Waals surface area contributed by atoms with Gasteiger partial charge in [-0.2, -0.15) is 0 Å². The normalized spacial score (nSPS) is 9.00. The molecule has 1 aromatic carbocycles. The molecule has 0 aromatic heterocycles. The molecule has 1 rings (SSSR count). The van der Waals surface area contributed by atoms with Crippen molar-refractivity contribution < 1.29 is 14.3 Å². The van der Waals surface area contributed by atoms with Crippen molar-refractivity contribution in [3.8, 4) is 0 Å². The van der Waals surface area contributed by atoms with E-state index >= 15 is 0 Å². The Kier molecular flexibility index (Phi) is 6.87. The van der Waals surface area contributed by atoms with E-state index in [2.05, 4.69) is 0 Å². The summed E-state index contributed by atoms with van der Waals surface area (Å²) in [6, 6.07) is 4.97. The second-order valence-corrected chi connectivity index (χ2v) is 3.31. The molecular formula is C14H20O3. The van der Waals surface area contributed by atoms with Crippen molar-refractivity contribution in [2.75, 3.05) is 6.61 Å². The van der Waals surface area contributed by atoms with Crippen molar-refractivity contribution >= 4 is 11.8 Å². The van der Waals surface area contributed by atoms with Crippen LogP contribution in [0.5, 0.6) is 0 Å². The van der Waals surface area contributed by atoms with Crippen LogP contribution in [-0.4, -0.2) is 18.4 Å². The molecule has 0 aliphatic rings. The van der Waals surface area contributed by atoms with E-state index in [1.165, 1.54) is 6.92 Å². The van der Waals surface area contributed by atoms with Gasteiger partial charge in [0, 0.05) is 5.56 Å². The second-order valence-electron chi connectivity index (χ2n) is 3.31. The van der Waals surface area contributed by atoms with Gasteiger partial charge in [-0.15, -0.1) is 0 Å². The predicted octanol–water partition coefficient (Wildman–Crippen LogP) is 3.40. The standard InChI is InChI=1S/C12H14O3.C2H6/c1-4-15-12(14)11-6-5-10(9(3)13)7-8(11)2;1-2/h5-7H,4H2,1-3H3;1-2H3. The van der Waals surface area contributed by atoms with Crippen LogP contribution < -0.4 is 0 Å². The van der Waals surface area contributed by atoms with Gasteiger partial charge >= 0.3 is 5.97 Å². The largest absolute Gasteiger partial charge is 0.462 e. The third-order valence-electron chi connectivity index (χ3n) is 2.13. The highest BCUT2D eigenvalue weighted by Gasteiger charge is 2.11. The van der Waals surface area contributed by atoms with Gasteiger partial charge in [-0.3, -0.25) is 4.79 Å². The lowest BCUT2D eigenvalue weighted by molar-refractivity contribution is 0.0525. The third-order valence-corrected chi connectivity index (χ3v) is 2.13. The van der Waals surface area contributed by atoms with Crippen molar-refractivity contribution in [2.45, 2.75) is 34.6 Å². The molecule has 0 unspecified atom stereocenters. The van der Waals surface area contributed by atoms with Gasteiger partial charge in [-0.05, 0) is 38.5 Å². The van der Waals surface area contributed by atoms with E-state index in [1.54, 1.807) is 32.0 Å². The van der Waals surface area contributed by atoms with E-state index < -0.39 is 0 Å². The first-order valence-corrected chi connectivity index (χ1v) is 5.85. The van der Waals surface area contributed by atoms with E-state index in [0.29, 0.717) is 17.7 Å². The number of Topliss-reactive ketones (excluding diaryl/α,β-unsaturated/α-hetero) is 1. The summed E-state index contributed by atoms with van der Waals surface area (Å²) in [6.07, 6.45) is 0. The monoisotopic (exact) mass is 236 g/mol. The summed E-state index contributed by atoms with van der Waals surface area (Å²) >= 11 is 0. The molecule has 0 bridgehead atoms. The minimum atomic E-state index is -0.342. The summed E-state index contributed by atoms with van der Waals surface area (Å²) in [6.45, 7) is 9.40. The van der Waals surface area contributed by atoms with Gasteiger partial charge in [0.25, 0.3) is 0 Å². The SMILES string of the molecule is CC.CCOC(=O)c1ccc(C(C)=O)cc1C. The molecule has 0 N–H and O–H groups in total. The lowest BCUT2D eigenvalue weighted by Crippen LogP contribution is -2.07. The molecule has 94 valence electrons. The molecule has 3 heteroatoms. The highest BCUT2D eigenvalue weighted by atomic mass is 16.5. The molecule has 0 saturated carbocycles. The Hall–Kier alpha value is -1.64. The number of hydrogen-bond donors (Lipinski definition) is 0. The maximum absolute atomic E-state index is 11.4. The molecule has 0 spiro atoms. The van der Waals surface area contributed by atoms with Gasteiger partial charge in [0.15, 0.2) is 5.78 Å². The Morgan fingerprint density at radius 2 is 1.82 bits per heavy atom. The third kappa shape index (κ3) is 4.39. The van der Waals surface area contributed by atoms with Crippen LogP contribution in [0.3, 0.4) is 0 Å². The van der Waals surface area contributed by atoms with Gasteiger partial charge in [0.05, 0.1) is 12.2 Å². The van der Waals surface area contributed by atoms with Crippen LogP contribution in [0.4, 0.5) is 0 Å². The van der Waals surface area contributed by atoms with Crippen LogP contribution >= 0.6 is 0 Å². The fourth-order valence-electron chi connectivity index (χ4n) is 1.32. The summed E-state index contributed by atoms with van der Waals surface area (Å²) in [5.74, 6) is -0.349. The summed E-state index contributed by atoms with van der Waals surface area (Å²) in [5, 5.41) is 0. The first-order valence-electron chi connectivity index (χ1n) is 5.85. The van der Waals surface area contributed by atoms with Crippen LogP contribution in [0, 0.1) is 6.92 Å². The molecule has 0 fully saturated rings. The molecule has 0 aliphatic carbocycles. The Balaban J connectivity index is 0.00000121. The smallest absolute Gasteiger partial charge is 0.338 e. The van der Waals surface area contributed by atoms with E-state index in [0.717, 1.165) is 5.56 Å². The molecule has 0 atom stereocenters. The highest BCUT2D eigenvalue weighted by Crippen LogP contribution is 2.12. The molecule has 17 heavy (non-hydrogen) atoms. The zero-order valence-corrected chi connectivity index (χ0v) is 11.2. The van der Waals surface area contributed by atoms with Gasteiger partial charge in [-0.25, -0.2) is 4.79 Å². The zero-order chi connectivity index (χ0) is 13.4. The van der Waals surface area contributed by atoms with E-state index in [-0.39, 0.29) is 11.8 Å². The number of aryl methyl sites for hydroxylation is 1. The van der Waals surface area contributed by atoms with Crippen LogP contribution in [-0.2, 0) is 4.74 Å². The molecule has 0 aliphatic heterocycles. The molecule has 0 saturated heterocycles. The van der Waals surface area contributed by atoms with E-state index in [4.69, 9.17) is 4.74 Å². The number of carbonyl (C=O) groups excluding carboxylic acids is 2. The Morgan fingerprint density at radius 3 is 2.24 bits per heavy atom. The van der Waals surface area contributed by atoms with Crippen molar-refractivity contribution in [1.29, 1.82) is 0 Å². The van der Waals surface area contributed by atoms with Crippen LogP contribution in [0.1, 0.15) is 54.0 Å². The van der Waals surface area contributed by atoms with Crippen LogP contribution in [0.15, 0.2) is 18.2 Å². The molecule has 0 heterocycles. The van der Waals surface area contributed by atoms with Crippen LogP contribution in [0.25, 0.3) is 0 Å².